The molecule has 0 aliphatic heterocycles. The molecule has 6 nitrogen and oxygen atoms in total. The molecular weight excluding hydrogens is 280 g/mol. The minimum atomic E-state index is -2.27. The van der Waals surface area contributed by atoms with E-state index in [1.54, 1.807) is 0 Å². The van der Waals surface area contributed by atoms with Gasteiger partial charge in [-0.25, -0.2) is 4.21 Å². The van der Waals surface area contributed by atoms with Crippen molar-refractivity contribution in [1.82, 2.24) is 0 Å². The number of anilines is 1. The molecule has 0 aromatic heterocycles. The lowest BCUT2D eigenvalue weighted by molar-refractivity contribution is -0.385. The normalized spacial score (nSPS) is 11.8. The van der Waals surface area contributed by atoms with Gasteiger partial charge >= 0.3 is 0 Å². The van der Waals surface area contributed by atoms with Crippen LogP contribution < -0.4 is 5.32 Å². The number of nitro benzene ring substituents is 1. The number of nitrogens with one attached hydrogen (secondary N) is 1. The summed E-state index contributed by atoms with van der Waals surface area (Å²) >= 11 is -2.27. The van der Waals surface area contributed by atoms with Gasteiger partial charge in [0.1, 0.15) is 0 Å². The van der Waals surface area contributed by atoms with Gasteiger partial charge in [0.25, 0.3) is 5.69 Å². The van der Waals surface area contributed by atoms with Crippen molar-refractivity contribution in [3.05, 3.63) is 64.2 Å². The molecule has 0 bridgehead atoms. The van der Waals surface area contributed by atoms with Gasteiger partial charge in [0, 0.05) is 24.4 Å². The maximum Gasteiger partial charge on any atom is 0.270 e. The van der Waals surface area contributed by atoms with Gasteiger partial charge in [0.05, 0.1) is 9.82 Å². The van der Waals surface area contributed by atoms with E-state index in [0.29, 0.717) is 12.1 Å². The molecule has 1 unspecified atom stereocenters. The second kappa shape index (κ2) is 6.27. The molecule has 20 heavy (non-hydrogen) atoms. The first-order valence-electron chi connectivity index (χ1n) is 5.75. The molecule has 0 amide bonds. The van der Waals surface area contributed by atoms with E-state index >= 15 is 0 Å². The predicted octanol–water partition coefficient (Wildman–Crippen LogP) is 2.79. The summed E-state index contributed by atoms with van der Waals surface area (Å²) in [7, 11) is 0. The van der Waals surface area contributed by atoms with E-state index in [4.69, 9.17) is 0 Å². The van der Waals surface area contributed by atoms with Crippen molar-refractivity contribution >= 4 is 22.5 Å². The Labute approximate surface area is 117 Å². The van der Waals surface area contributed by atoms with Crippen molar-refractivity contribution in [3.63, 3.8) is 0 Å². The first kappa shape index (κ1) is 14.2. The minimum absolute atomic E-state index is 0.0441. The maximum absolute atomic E-state index is 11.3. The third kappa shape index (κ3) is 3.40. The summed E-state index contributed by atoms with van der Waals surface area (Å²) in [6.45, 7) is 0.309. The molecule has 2 rings (SSSR count). The molecule has 104 valence electrons. The van der Waals surface area contributed by atoms with Crippen LogP contribution >= 0.6 is 0 Å². The van der Waals surface area contributed by atoms with Crippen molar-refractivity contribution < 1.29 is 13.7 Å². The molecule has 0 saturated heterocycles. The van der Waals surface area contributed by atoms with Crippen LogP contribution in [0.25, 0.3) is 0 Å². The summed E-state index contributed by atoms with van der Waals surface area (Å²) in [4.78, 5) is 10.1. The van der Waals surface area contributed by atoms with Crippen molar-refractivity contribution in [3.8, 4) is 0 Å². The quantitative estimate of drug-likeness (QED) is 0.502. The second-order valence-electron chi connectivity index (χ2n) is 4.02. The zero-order valence-electron chi connectivity index (χ0n) is 10.4. The Kier molecular flexibility index (Phi) is 4.44. The number of hydrogen-bond acceptors (Lipinski definition) is 4. The molecule has 0 heterocycles. The number of para-hydroxylation sites is 1. The molecule has 2 N–H and O–H groups in total. The van der Waals surface area contributed by atoms with Gasteiger partial charge < -0.3 is 9.87 Å². The molecule has 0 aliphatic carbocycles. The fraction of sp³-hybridized carbons (Fsp3) is 0.0769. The molecule has 0 radical (unpaired) electrons. The largest absolute Gasteiger partial charge is 0.381 e. The summed E-state index contributed by atoms with van der Waals surface area (Å²) in [5, 5.41) is 13.8. The van der Waals surface area contributed by atoms with E-state index in [1.807, 2.05) is 30.3 Å². The first-order chi connectivity index (χ1) is 9.58. The molecule has 0 fully saturated rings. The number of nitrogens with zero attached hydrogens (tertiary/aromatic N) is 1. The standard InChI is InChI=1S/C13H12N2O4S/c16-15(17)12-7-6-10(13(8-12)20(18)19)9-14-11-4-2-1-3-5-11/h1-8,14H,9H2,(H,18,19). The minimum Gasteiger partial charge on any atom is -0.381 e. The molecule has 2 aromatic carbocycles. The number of hydrogen-bond donors (Lipinski definition) is 2. The van der Waals surface area contributed by atoms with Crippen LogP contribution in [0.2, 0.25) is 0 Å². The van der Waals surface area contributed by atoms with Gasteiger partial charge in [0.15, 0.2) is 11.1 Å². The fourth-order valence-corrected chi connectivity index (χ4v) is 2.30. The third-order valence-electron chi connectivity index (χ3n) is 2.71. The molecule has 0 spiro atoms. The van der Waals surface area contributed by atoms with Crippen LogP contribution in [-0.2, 0) is 17.6 Å². The molecule has 2 aromatic rings. The van der Waals surface area contributed by atoms with Crippen LogP contribution in [0, 0.1) is 10.1 Å². The predicted molar refractivity (Wildman–Crippen MR) is 75.9 cm³/mol. The highest BCUT2D eigenvalue weighted by Gasteiger charge is 2.14. The Balaban J connectivity index is 2.23. The van der Waals surface area contributed by atoms with E-state index in [0.717, 1.165) is 11.8 Å². The van der Waals surface area contributed by atoms with Gasteiger partial charge in [-0.2, -0.15) is 0 Å². The molecular formula is C13H12N2O4S. The van der Waals surface area contributed by atoms with Gasteiger partial charge in [0.2, 0.25) is 0 Å². The summed E-state index contributed by atoms with van der Waals surface area (Å²) < 4.78 is 20.5. The van der Waals surface area contributed by atoms with Gasteiger partial charge in [-0.1, -0.05) is 18.2 Å². The van der Waals surface area contributed by atoms with Crippen molar-refractivity contribution in [1.29, 1.82) is 0 Å². The second-order valence-corrected chi connectivity index (χ2v) is 4.96. The highest BCUT2D eigenvalue weighted by molar-refractivity contribution is 7.79. The smallest absolute Gasteiger partial charge is 0.270 e. The van der Waals surface area contributed by atoms with Crippen LogP contribution in [0.15, 0.2) is 53.4 Å². The van der Waals surface area contributed by atoms with Gasteiger partial charge in [-0.3, -0.25) is 10.1 Å². The zero-order chi connectivity index (χ0) is 14.5. The third-order valence-corrected chi connectivity index (χ3v) is 3.46. The maximum atomic E-state index is 11.3. The number of nitro groups is 1. The van der Waals surface area contributed by atoms with Crippen LogP contribution in [0.4, 0.5) is 11.4 Å². The topological polar surface area (TPSA) is 92.5 Å². The summed E-state index contributed by atoms with van der Waals surface area (Å²) in [6, 6.07) is 13.3. The first-order valence-corrected chi connectivity index (χ1v) is 6.85. The lowest BCUT2D eigenvalue weighted by Gasteiger charge is -2.09. The Morgan fingerprint density at radius 2 is 1.90 bits per heavy atom. The Morgan fingerprint density at radius 3 is 2.50 bits per heavy atom. The van der Waals surface area contributed by atoms with Crippen molar-refractivity contribution in [2.45, 2.75) is 11.4 Å². The average Bonchev–Trinajstić information content (AvgIpc) is 2.45. The van der Waals surface area contributed by atoms with Crippen LogP contribution in [0.5, 0.6) is 0 Å². The van der Waals surface area contributed by atoms with E-state index in [9.17, 15) is 18.9 Å². The van der Waals surface area contributed by atoms with Crippen molar-refractivity contribution in [2.24, 2.45) is 0 Å². The summed E-state index contributed by atoms with van der Waals surface area (Å²) in [6.07, 6.45) is 0. The fourth-order valence-electron chi connectivity index (χ4n) is 1.72. The van der Waals surface area contributed by atoms with Crippen LogP contribution in [0.1, 0.15) is 5.56 Å². The van der Waals surface area contributed by atoms with E-state index in [2.05, 4.69) is 5.32 Å². The van der Waals surface area contributed by atoms with E-state index < -0.39 is 16.0 Å². The Morgan fingerprint density at radius 1 is 1.20 bits per heavy atom. The Hall–Kier alpha value is -2.25. The highest BCUT2D eigenvalue weighted by Crippen LogP contribution is 2.21. The van der Waals surface area contributed by atoms with Gasteiger partial charge in [-0.05, 0) is 23.8 Å². The van der Waals surface area contributed by atoms with Crippen LogP contribution in [-0.4, -0.2) is 13.7 Å². The SMILES string of the molecule is O=[N+]([O-])c1ccc(CNc2ccccc2)c(S(=O)O)c1. The van der Waals surface area contributed by atoms with E-state index in [-0.39, 0.29) is 10.6 Å². The summed E-state index contributed by atoms with van der Waals surface area (Å²) in [5.41, 5.74) is 1.20. The molecule has 7 heteroatoms. The molecule has 0 saturated carbocycles. The van der Waals surface area contributed by atoms with Gasteiger partial charge in [-0.15, -0.1) is 0 Å². The van der Waals surface area contributed by atoms with Crippen LogP contribution in [0.3, 0.4) is 0 Å². The zero-order valence-corrected chi connectivity index (χ0v) is 11.2. The lowest BCUT2D eigenvalue weighted by atomic mass is 10.2. The number of non-ortho nitro benzene ring substituents is 1. The number of benzene rings is 2. The number of rotatable bonds is 5. The highest BCUT2D eigenvalue weighted by atomic mass is 32.2. The summed E-state index contributed by atoms with van der Waals surface area (Å²) in [5.74, 6) is 0. The monoisotopic (exact) mass is 292 g/mol. The lowest BCUT2D eigenvalue weighted by Crippen LogP contribution is -2.04. The van der Waals surface area contributed by atoms with Crippen molar-refractivity contribution in [2.75, 3.05) is 5.32 Å². The molecule has 1 atom stereocenters. The Bertz CT molecular complexity index is 646. The van der Waals surface area contributed by atoms with E-state index in [1.165, 1.54) is 12.1 Å². The molecule has 0 aliphatic rings. The average molecular weight is 292 g/mol.